The van der Waals surface area contributed by atoms with Crippen LogP contribution in [0.25, 0.3) is 6.08 Å². The van der Waals surface area contributed by atoms with Gasteiger partial charge in [0.05, 0.1) is 13.2 Å². The normalized spacial score (nSPS) is 21.8. The third-order valence-electron chi connectivity index (χ3n) is 5.54. The quantitative estimate of drug-likeness (QED) is 0.796. The molecule has 1 fully saturated rings. The average Bonchev–Trinajstić information content (AvgIpc) is 2.95. The van der Waals surface area contributed by atoms with Crippen molar-refractivity contribution in [2.75, 3.05) is 7.11 Å². The Hall–Kier alpha value is -2.39. The van der Waals surface area contributed by atoms with E-state index < -0.39 is 0 Å². The number of Topliss-reactive ketones (excluding diaryl/α,β-unsaturated/α-hetero) is 1. The number of carbonyl (C=O) groups excluding carboxylic acids is 1. The summed E-state index contributed by atoms with van der Waals surface area (Å²) >= 11 is 0. The van der Waals surface area contributed by atoms with Crippen molar-refractivity contribution in [2.45, 2.75) is 44.2 Å². The first-order valence-corrected chi connectivity index (χ1v) is 9.51. The number of ether oxygens (including phenoxy) is 1. The van der Waals surface area contributed by atoms with Crippen LogP contribution in [-0.4, -0.2) is 18.9 Å². The smallest absolute Gasteiger partial charge is 0.191 e. The predicted octanol–water partition coefficient (Wildman–Crippen LogP) is 4.94. The molecule has 4 rings (SSSR count). The van der Waals surface area contributed by atoms with Gasteiger partial charge in [-0.2, -0.15) is 0 Å². The summed E-state index contributed by atoms with van der Waals surface area (Å²) in [6.45, 7) is 0. The summed E-state index contributed by atoms with van der Waals surface area (Å²) in [6, 6.07) is 16.4. The van der Waals surface area contributed by atoms with Crippen molar-refractivity contribution in [1.29, 1.82) is 0 Å². The van der Waals surface area contributed by atoms with E-state index in [1.807, 2.05) is 48.5 Å². The van der Waals surface area contributed by atoms with Crippen molar-refractivity contribution < 1.29 is 9.53 Å². The Bertz CT molecular complexity index is 816. The van der Waals surface area contributed by atoms with E-state index in [-0.39, 0.29) is 11.8 Å². The summed E-state index contributed by atoms with van der Waals surface area (Å²) < 4.78 is 5.23. The summed E-state index contributed by atoms with van der Waals surface area (Å²) in [6.07, 6.45) is 8.30. The molecule has 3 nitrogen and oxygen atoms in total. The van der Waals surface area contributed by atoms with Gasteiger partial charge in [0.25, 0.3) is 0 Å². The monoisotopic (exact) mass is 347 g/mol. The molecule has 26 heavy (non-hydrogen) atoms. The van der Waals surface area contributed by atoms with Gasteiger partial charge in [0.1, 0.15) is 5.75 Å². The van der Waals surface area contributed by atoms with E-state index in [4.69, 9.17) is 4.74 Å². The summed E-state index contributed by atoms with van der Waals surface area (Å²) in [5.41, 5.74) is 3.82. The Balaban J connectivity index is 1.68. The van der Waals surface area contributed by atoms with Crippen LogP contribution in [-0.2, 0) is 0 Å². The van der Waals surface area contributed by atoms with E-state index in [2.05, 4.69) is 11.4 Å². The van der Waals surface area contributed by atoms with Crippen molar-refractivity contribution in [1.82, 2.24) is 5.32 Å². The summed E-state index contributed by atoms with van der Waals surface area (Å²) in [4.78, 5) is 13.0. The Labute approximate surface area is 155 Å². The highest BCUT2D eigenvalue weighted by Gasteiger charge is 2.35. The maximum atomic E-state index is 13.0. The fourth-order valence-electron chi connectivity index (χ4n) is 4.12. The van der Waals surface area contributed by atoms with Gasteiger partial charge in [-0.05, 0) is 42.2 Å². The van der Waals surface area contributed by atoms with Crippen molar-refractivity contribution in [2.24, 2.45) is 0 Å². The molecule has 0 amide bonds. The number of carbonyl (C=O) groups is 1. The van der Waals surface area contributed by atoms with Gasteiger partial charge in [0.15, 0.2) is 5.78 Å². The molecule has 2 aromatic rings. The molecule has 1 unspecified atom stereocenters. The first-order chi connectivity index (χ1) is 12.8. The zero-order chi connectivity index (χ0) is 17.9. The third kappa shape index (κ3) is 3.32. The molecule has 0 spiro atoms. The molecule has 1 N–H and O–H groups in total. The van der Waals surface area contributed by atoms with E-state index in [0.29, 0.717) is 6.04 Å². The van der Waals surface area contributed by atoms with Gasteiger partial charge in [-0.25, -0.2) is 0 Å². The fourth-order valence-corrected chi connectivity index (χ4v) is 4.12. The van der Waals surface area contributed by atoms with Gasteiger partial charge in [0, 0.05) is 17.2 Å². The molecule has 0 heterocycles. The van der Waals surface area contributed by atoms with Crippen LogP contribution in [0.4, 0.5) is 0 Å². The van der Waals surface area contributed by atoms with Crippen LogP contribution in [0, 0.1) is 0 Å². The van der Waals surface area contributed by atoms with E-state index >= 15 is 0 Å². The molecule has 2 aromatic carbocycles. The van der Waals surface area contributed by atoms with Crippen LogP contribution in [0.1, 0.15) is 59.6 Å². The van der Waals surface area contributed by atoms with Gasteiger partial charge >= 0.3 is 0 Å². The Kier molecular flexibility index (Phi) is 4.89. The zero-order valence-electron chi connectivity index (χ0n) is 15.2. The highest BCUT2D eigenvalue weighted by Crippen LogP contribution is 2.38. The molecule has 1 saturated carbocycles. The lowest BCUT2D eigenvalue weighted by molar-refractivity contribution is 0.103. The second-order valence-electron chi connectivity index (χ2n) is 7.22. The molecule has 1 atom stereocenters. The maximum absolute atomic E-state index is 13.0. The van der Waals surface area contributed by atoms with Gasteiger partial charge in [-0.15, -0.1) is 0 Å². The van der Waals surface area contributed by atoms with Gasteiger partial charge < -0.3 is 10.1 Å². The number of benzene rings is 2. The number of fused-ring (bicyclic) bond motifs is 1. The first kappa shape index (κ1) is 17.0. The molecule has 2 aliphatic rings. The molecule has 0 saturated heterocycles. The Morgan fingerprint density at radius 3 is 2.46 bits per heavy atom. The fraction of sp³-hybridized carbons (Fsp3) is 0.348. The summed E-state index contributed by atoms with van der Waals surface area (Å²) in [5.74, 6) is 0.967. The molecule has 134 valence electrons. The summed E-state index contributed by atoms with van der Waals surface area (Å²) in [5, 5.41) is 3.78. The number of hydrogen-bond acceptors (Lipinski definition) is 3. The number of rotatable bonds is 4. The SMILES string of the molecule is COc1ccc(C=C2C(=O)c3ccccc3C2NC2CCCCC2)cc1. The highest BCUT2D eigenvalue weighted by molar-refractivity contribution is 6.16. The number of ketones is 1. The zero-order valence-corrected chi connectivity index (χ0v) is 15.2. The minimum Gasteiger partial charge on any atom is -0.497 e. The number of hydrogen-bond donors (Lipinski definition) is 1. The molecule has 0 aromatic heterocycles. The molecule has 0 aliphatic heterocycles. The average molecular weight is 347 g/mol. The van der Waals surface area contributed by atoms with E-state index in [9.17, 15) is 4.79 Å². The standard InChI is InChI=1S/C23H25NO2/c1-26-18-13-11-16(12-14-18)15-21-22(24-17-7-3-2-4-8-17)19-9-5-6-10-20(19)23(21)25/h5-6,9-15,17,22,24H,2-4,7-8H2,1H3. The van der Waals surface area contributed by atoms with Crippen molar-refractivity contribution >= 4 is 11.9 Å². The van der Waals surface area contributed by atoms with Crippen LogP contribution < -0.4 is 10.1 Å². The van der Waals surface area contributed by atoms with Gasteiger partial charge in [-0.3, -0.25) is 4.79 Å². The van der Waals surface area contributed by atoms with Crippen LogP contribution in [0.5, 0.6) is 5.75 Å². The first-order valence-electron chi connectivity index (χ1n) is 9.51. The van der Waals surface area contributed by atoms with Crippen molar-refractivity contribution in [3.8, 4) is 5.75 Å². The van der Waals surface area contributed by atoms with Crippen molar-refractivity contribution in [3.63, 3.8) is 0 Å². The van der Waals surface area contributed by atoms with Gasteiger partial charge in [0.2, 0.25) is 0 Å². The van der Waals surface area contributed by atoms with Crippen LogP contribution in [0.2, 0.25) is 0 Å². The lowest BCUT2D eigenvalue weighted by Gasteiger charge is -2.27. The van der Waals surface area contributed by atoms with Gasteiger partial charge in [-0.1, -0.05) is 55.7 Å². The summed E-state index contributed by atoms with van der Waals surface area (Å²) in [7, 11) is 1.66. The molecule has 0 bridgehead atoms. The molecule has 3 heteroatoms. The number of nitrogens with one attached hydrogen (secondary N) is 1. The second-order valence-corrected chi connectivity index (χ2v) is 7.22. The lowest BCUT2D eigenvalue weighted by Crippen LogP contribution is -2.34. The largest absolute Gasteiger partial charge is 0.497 e. The van der Waals surface area contributed by atoms with Crippen LogP contribution in [0.3, 0.4) is 0 Å². The molecular weight excluding hydrogens is 322 g/mol. The van der Waals surface area contributed by atoms with Crippen LogP contribution >= 0.6 is 0 Å². The van der Waals surface area contributed by atoms with Crippen LogP contribution in [0.15, 0.2) is 54.1 Å². The molecule has 0 radical (unpaired) electrons. The van der Waals surface area contributed by atoms with E-state index in [0.717, 1.165) is 28.0 Å². The maximum Gasteiger partial charge on any atom is 0.191 e. The topological polar surface area (TPSA) is 38.3 Å². The Morgan fingerprint density at radius 1 is 1.00 bits per heavy atom. The Morgan fingerprint density at radius 2 is 1.73 bits per heavy atom. The van der Waals surface area contributed by atoms with Crippen molar-refractivity contribution in [3.05, 3.63) is 70.8 Å². The number of methoxy groups -OCH3 is 1. The highest BCUT2D eigenvalue weighted by atomic mass is 16.5. The lowest BCUT2D eigenvalue weighted by atomic mass is 9.93. The molecular formula is C23H25NO2. The third-order valence-corrected chi connectivity index (χ3v) is 5.54. The minimum atomic E-state index is -0.0103. The second kappa shape index (κ2) is 7.46. The molecule has 2 aliphatic carbocycles. The predicted molar refractivity (Wildman–Crippen MR) is 104 cm³/mol. The minimum absolute atomic E-state index is 0.0103. The van der Waals surface area contributed by atoms with E-state index in [1.165, 1.54) is 32.1 Å². The van der Waals surface area contributed by atoms with E-state index in [1.54, 1.807) is 7.11 Å².